The van der Waals surface area contributed by atoms with Crippen molar-refractivity contribution in [1.29, 1.82) is 0 Å². The number of carbonyl (C=O) groups is 1. The van der Waals surface area contributed by atoms with Crippen LogP contribution in [0.3, 0.4) is 0 Å². The van der Waals surface area contributed by atoms with Gasteiger partial charge in [0.15, 0.2) is 0 Å². The fourth-order valence-electron chi connectivity index (χ4n) is 4.27. The lowest BCUT2D eigenvalue weighted by molar-refractivity contribution is -0.0106. The number of aryl methyl sites for hydroxylation is 1. The normalized spacial score (nSPS) is 23.8. The molecule has 7 heteroatoms. The van der Waals surface area contributed by atoms with Crippen LogP contribution >= 0.6 is 11.3 Å². The molecule has 2 aromatic rings. The van der Waals surface area contributed by atoms with E-state index in [0.717, 1.165) is 43.0 Å². The standard InChI is InChI=1S/C21H26FN3O2S/c1-15-7-13-28-20(15)21(27)25-8-6-18(19(26)14-25)24-11-9-23(10-12-24)17-5-3-2-4-16(17)22/h2-5,7,13,18-19,26H,6,8-12,14H2,1H3/t18-,19-/m0/s1. The van der Waals surface area contributed by atoms with E-state index >= 15 is 0 Å². The Labute approximate surface area is 169 Å². The molecule has 2 aliphatic heterocycles. The molecule has 0 radical (unpaired) electrons. The number of aliphatic hydroxyl groups excluding tert-OH is 1. The Kier molecular flexibility index (Phi) is 5.66. The summed E-state index contributed by atoms with van der Waals surface area (Å²) in [4.78, 5) is 19.6. The zero-order chi connectivity index (χ0) is 19.7. The minimum atomic E-state index is -0.557. The van der Waals surface area contributed by atoms with E-state index in [4.69, 9.17) is 0 Å². The van der Waals surface area contributed by atoms with Gasteiger partial charge in [-0.15, -0.1) is 11.3 Å². The highest BCUT2D eigenvalue weighted by atomic mass is 32.1. The summed E-state index contributed by atoms with van der Waals surface area (Å²) in [5.74, 6) is -0.166. The maximum Gasteiger partial charge on any atom is 0.264 e. The van der Waals surface area contributed by atoms with E-state index in [1.165, 1.54) is 17.4 Å². The lowest BCUT2D eigenvalue weighted by Gasteiger charge is -2.45. The number of benzene rings is 1. The molecule has 1 N–H and O–H groups in total. The van der Waals surface area contributed by atoms with E-state index in [1.807, 2.05) is 30.5 Å². The van der Waals surface area contributed by atoms with Crippen LogP contribution < -0.4 is 4.90 Å². The molecular formula is C21H26FN3O2S. The fourth-order valence-corrected chi connectivity index (χ4v) is 5.16. The van der Waals surface area contributed by atoms with Crippen molar-refractivity contribution in [3.8, 4) is 0 Å². The average Bonchev–Trinajstić information content (AvgIpc) is 3.14. The number of rotatable bonds is 3. The molecule has 1 aromatic carbocycles. The van der Waals surface area contributed by atoms with E-state index in [0.29, 0.717) is 18.8 Å². The van der Waals surface area contributed by atoms with Gasteiger partial charge in [-0.1, -0.05) is 12.1 Å². The van der Waals surface area contributed by atoms with Crippen LogP contribution in [0.2, 0.25) is 0 Å². The number of thiophene rings is 1. The summed E-state index contributed by atoms with van der Waals surface area (Å²) in [6.45, 7) is 6.02. The maximum absolute atomic E-state index is 14.0. The molecule has 2 aliphatic rings. The highest BCUT2D eigenvalue weighted by Gasteiger charge is 2.36. The van der Waals surface area contributed by atoms with Crippen molar-refractivity contribution >= 4 is 22.9 Å². The van der Waals surface area contributed by atoms with Gasteiger partial charge in [-0.05, 0) is 42.5 Å². The number of nitrogens with zero attached hydrogens (tertiary/aromatic N) is 3. The number of halogens is 1. The Morgan fingerprint density at radius 3 is 2.54 bits per heavy atom. The molecule has 4 rings (SSSR count). The molecule has 0 bridgehead atoms. The van der Waals surface area contributed by atoms with Gasteiger partial charge >= 0.3 is 0 Å². The molecule has 2 atom stereocenters. The lowest BCUT2D eigenvalue weighted by Crippen LogP contribution is -2.59. The summed E-state index contributed by atoms with van der Waals surface area (Å²) in [5, 5.41) is 12.7. The van der Waals surface area contributed by atoms with Crippen molar-refractivity contribution in [3.63, 3.8) is 0 Å². The fraction of sp³-hybridized carbons (Fsp3) is 0.476. The van der Waals surface area contributed by atoms with E-state index in [1.54, 1.807) is 11.0 Å². The van der Waals surface area contributed by atoms with Crippen molar-refractivity contribution in [2.45, 2.75) is 25.5 Å². The van der Waals surface area contributed by atoms with Crippen LogP contribution in [-0.4, -0.2) is 72.2 Å². The van der Waals surface area contributed by atoms with E-state index < -0.39 is 6.10 Å². The third-order valence-electron chi connectivity index (χ3n) is 5.87. The van der Waals surface area contributed by atoms with Crippen molar-refractivity contribution < 1.29 is 14.3 Å². The number of anilines is 1. The number of likely N-dealkylation sites (tertiary alicyclic amines) is 1. The van der Waals surface area contributed by atoms with Crippen LogP contribution in [0.15, 0.2) is 35.7 Å². The van der Waals surface area contributed by atoms with Crippen LogP contribution in [0.25, 0.3) is 0 Å². The van der Waals surface area contributed by atoms with Gasteiger partial charge in [0.1, 0.15) is 5.82 Å². The Hall–Kier alpha value is -1.96. The first kappa shape index (κ1) is 19.4. The van der Waals surface area contributed by atoms with Gasteiger partial charge in [0.05, 0.1) is 16.7 Å². The zero-order valence-electron chi connectivity index (χ0n) is 16.1. The molecule has 1 aromatic heterocycles. The monoisotopic (exact) mass is 403 g/mol. The largest absolute Gasteiger partial charge is 0.390 e. The molecule has 0 aliphatic carbocycles. The maximum atomic E-state index is 14.0. The molecule has 0 spiro atoms. The molecule has 2 fully saturated rings. The average molecular weight is 404 g/mol. The van der Waals surface area contributed by atoms with E-state index in [-0.39, 0.29) is 17.8 Å². The number of hydrogen-bond acceptors (Lipinski definition) is 5. The summed E-state index contributed by atoms with van der Waals surface area (Å²) in [5.41, 5.74) is 1.64. The predicted octanol–water partition coefficient (Wildman–Crippen LogP) is 2.59. The third kappa shape index (κ3) is 3.79. The lowest BCUT2D eigenvalue weighted by atomic mass is 9.98. The topological polar surface area (TPSA) is 47.0 Å². The van der Waals surface area contributed by atoms with Crippen molar-refractivity contribution in [1.82, 2.24) is 9.80 Å². The SMILES string of the molecule is Cc1ccsc1C(=O)N1CC[C@H](N2CCN(c3ccccc3F)CC2)[C@@H](O)C1. The number of aliphatic hydroxyl groups is 1. The Bertz CT molecular complexity index is 835. The second-order valence-electron chi connectivity index (χ2n) is 7.58. The van der Waals surface area contributed by atoms with Gasteiger partial charge in [-0.2, -0.15) is 0 Å². The van der Waals surface area contributed by atoms with Crippen molar-refractivity contribution in [3.05, 3.63) is 52.0 Å². The summed E-state index contributed by atoms with van der Waals surface area (Å²) in [6.07, 6.45) is 0.204. The minimum Gasteiger partial charge on any atom is -0.390 e. The highest BCUT2D eigenvalue weighted by Crippen LogP contribution is 2.25. The molecule has 5 nitrogen and oxygen atoms in total. The second-order valence-corrected chi connectivity index (χ2v) is 8.50. The number of hydrogen-bond donors (Lipinski definition) is 1. The first-order valence-electron chi connectivity index (χ1n) is 9.79. The molecule has 0 unspecified atom stereocenters. The van der Waals surface area contributed by atoms with E-state index in [9.17, 15) is 14.3 Å². The molecule has 1 amide bonds. The summed E-state index contributed by atoms with van der Waals surface area (Å²) in [7, 11) is 0. The molecular weight excluding hydrogens is 377 g/mol. The Morgan fingerprint density at radius 2 is 1.89 bits per heavy atom. The van der Waals surface area contributed by atoms with E-state index in [2.05, 4.69) is 9.80 Å². The van der Waals surface area contributed by atoms with Gasteiger partial charge < -0.3 is 14.9 Å². The number of para-hydroxylation sites is 1. The minimum absolute atomic E-state index is 0.0226. The van der Waals surface area contributed by atoms with Gasteiger partial charge in [-0.25, -0.2) is 4.39 Å². The van der Waals surface area contributed by atoms with Crippen molar-refractivity contribution in [2.75, 3.05) is 44.2 Å². The first-order valence-corrected chi connectivity index (χ1v) is 10.7. The van der Waals surface area contributed by atoms with Crippen LogP contribution in [0, 0.1) is 12.7 Å². The predicted molar refractivity (Wildman–Crippen MR) is 110 cm³/mol. The highest BCUT2D eigenvalue weighted by molar-refractivity contribution is 7.12. The van der Waals surface area contributed by atoms with Gasteiger partial charge in [-0.3, -0.25) is 9.69 Å². The van der Waals surface area contributed by atoms with Gasteiger partial charge in [0.25, 0.3) is 5.91 Å². The summed E-state index contributed by atoms with van der Waals surface area (Å²) >= 11 is 1.46. The quantitative estimate of drug-likeness (QED) is 0.856. The third-order valence-corrected chi connectivity index (χ3v) is 6.87. The summed E-state index contributed by atoms with van der Waals surface area (Å²) < 4.78 is 14.0. The number of amides is 1. The van der Waals surface area contributed by atoms with Gasteiger partial charge in [0, 0.05) is 45.3 Å². The number of carbonyl (C=O) groups excluding carboxylic acids is 1. The van der Waals surface area contributed by atoms with Crippen LogP contribution in [-0.2, 0) is 0 Å². The van der Waals surface area contributed by atoms with Gasteiger partial charge in [0.2, 0.25) is 0 Å². The molecule has 0 saturated carbocycles. The Morgan fingerprint density at radius 1 is 1.14 bits per heavy atom. The number of piperazine rings is 1. The molecule has 150 valence electrons. The molecule has 2 saturated heterocycles. The number of piperidine rings is 1. The molecule has 28 heavy (non-hydrogen) atoms. The Balaban J connectivity index is 1.34. The zero-order valence-corrected chi connectivity index (χ0v) is 16.9. The smallest absolute Gasteiger partial charge is 0.264 e. The second kappa shape index (κ2) is 8.19. The van der Waals surface area contributed by atoms with Crippen LogP contribution in [0.4, 0.5) is 10.1 Å². The van der Waals surface area contributed by atoms with Crippen LogP contribution in [0.1, 0.15) is 21.7 Å². The van der Waals surface area contributed by atoms with Crippen LogP contribution in [0.5, 0.6) is 0 Å². The molecule has 3 heterocycles. The first-order chi connectivity index (χ1) is 13.5. The number of β-amino-alcohol motifs (C(OH)–C–C–N with tert-alkyl or cyclic N) is 1. The van der Waals surface area contributed by atoms with Crippen molar-refractivity contribution in [2.24, 2.45) is 0 Å². The summed E-state index contributed by atoms with van der Waals surface area (Å²) in [6, 6.07) is 8.88.